The molecule has 0 saturated heterocycles. The van der Waals surface area contributed by atoms with Crippen LogP contribution in [0.1, 0.15) is 6.92 Å². The molecule has 0 bridgehead atoms. The predicted octanol–water partition coefficient (Wildman–Crippen LogP) is 3.42. The largest absolute Gasteiger partial charge is 0.439 e. The van der Waals surface area contributed by atoms with E-state index in [4.69, 9.17) is 4.74 Å². The molecule has 18 heavy (non-hydrogen) atoms. The maximum absolute atomic E-state index is 5.66. The molecule has 0 aliphatic heterocycles. The minimum Gasteiger partial charge on any atom is -0.439 e. The maximum atomic E-state index is 5.66. The Bertz CT molecular complexity index is 502. The van der Waals surface area contributed by atoms with Gasteiger partial charge in [-0.3, -0.25) is 0 Å². The molecule has 2 aromatic rings. The number of nitrogens with one attached hydrogen (secondary N) is 1. The van der Waals surface area contributed by atoms with Crippen molar-refractivity contribution in [3.05, 3.63) is 36.5 Å². The van der Waals surface area contributed by atoms with E-state index in [0.717, 1.165) is 12.3 Å². The molecular formula is C13H15N3OS. The lowest BCUT2D eigenvalue weighted by molar-refractivity contribution is 0.462. The Kier molecular flexibility index (Phi) is 4.41. The number of rotatable bonds is 5. The molecule has 1 N–H and O–H groups in total. The molecule has 4 nitrogen and oxygen atoms in total. The van der Waals surface area contributed by atoms with Crippen LogP contribution >= 0.6 is 11.8 Å². The first-order chi connectivity index (χ1) is 8.81. The monoisotopic (exact) mass is 261 g/mol. The lowest BCUT2D eigenvalue weighted by atomic mass is 10.3. The molecule has 0 aliphatic carbocycles. The molecule has 0 amide bonds. The first-order valence-corrected chi connectivity index (χ1v) is 6.93. The first-order valence-electron chi connectivity index (χ1n) is 5.70. The number of ether oxygens (including phenoxy) is 1. The van der Waals surface area contributed by atoms with Crippen LogP contribution < -0.4 is 10.1 Å². The number of nitrogens with zero attached hydrogens (tertiary/aromatic N) is 2. The van der Waals surface area contributed by atoms with Gasteiger partial charge in [0.1, 0.15) is 5.75 Å². The average molecular weight is 261 g/mol. The molecular weight excluding hydrogens is 246 g/mol. The van der Waals surface area contributed by atoms with Crippen LogP contribution in [0.4, 0.5) is 5.95 Å². The molecule has 1 heterocycles. The molecule has 0 aliphatic rings. The summed E-state index contributed by atoms with van der Waals surface area (Å²) < 4.78 is 5.66. The molecule has 94 valence electrons. The number of thioether (sulfide) groups is 1. The molecule has 0 saturated carbocycles. The Balaban J connectivity index is 2.09. The summed E-state index contributed by atoms with van der Waals surface area (Å²) in [5, 5.41) is 3.05. The quantitative estimate of drug-likeness (QED) is 0.836. The van der Waals surface area contributed by atoms with E-state index in [9.17, 15) is 0 Å². The topological polar surface area (TPSA) is 47.0 Å². The van der Waals surface area contributed by atoms with Crippen LogP contribution in [0.5, 0.6) is 11.6 Å². The Morgan fingerprint density at radius 3 is 2.67 bits per heavy atom. The van der Waals surface area contributed by atoms with Gasteiger partial charge in [-0.05, 0) is 37.4 Å². The molecule has 0 spiro atoms. The van der Waals surface area contributed by atoms with Crippen molar-refractivity contribution in [3.8, 4) is 11.6 Å². The van der Waals surface area contributed by atoms with Gasteiger partial charge in [-0.1, -0.05) is 0 Å². The van der Waals surface area contributed by atoms with E-state index in [-0.39, 0.29) is 0 Å². The zero-order chi connectivity index (χ0) is 12.8. The zero-order valence-electron chi connectivity index (χ0n) is 10.4. The van der Waals surface area contributed by atoms with Crippen LogP contribution in [0.15, 0.2) is 41.4 Å². The summed E-state index contributed by atoms with van der Waals surface area (Å²) in [6.07, 6.45) is 3.72. The highest BCUT2D eigenvalue weighted by atomic mass is 32.2. The van der Waals surface area contributed by atoms with Crippen molar-refractivity contribution in [1.82, 2.24) is 9.97 Å². The number of aromatic nitrogens is 2. The highest BCUT2D eigenvalue weighted by Gasteiger charge is 2.01. The number of benzene rings is 1. The number of hydrogen-bond acceptors (Lipinski definition) is 5. The van der Waals surface area contributed by atoms with Gasteiger partial charge in [0.2, 0.25) is 11.8 Å². The number of anilines is 1. The fourth-order valence-electron chi connectivity index (χ4n) is 1.41. The number of hydrogen-bond donors (Lipinski definition) is 1. The van der Waals surface area contributed by atoms with Crippen molar-refractivity contribution in [2.45, 2.75) is 11.8 Å². The Labute approximate surface area is 111 Å². The summed E-state index contributed by atoms with van der Waals surface area (Å²) in [5.74, 6) is 1.89. The van der Waals surface area contributed by atoms with Crippen LogP contribution in [0, 0.1) is 0 Å². The van der Waals surface area contributed by atoms with Gasteiger partial charge in [0.25, 0.3) is 0 Å². The van der Waals surface area contributed by atoms with Crippen molar-refractivity contribution >= 4 is 17.7 Å². The van der Waals surface area contributed by atoms with Crippen LogP contribution in [-0.2, 0) is 0 Å². The maximum Gasteiger partial charge on any atom is 0.225 e. The van der Waals surface area contributed by atoms with Gasteiger partial charge in [0, 0.05) is 23.7 Å². The molecule has 0 fully saturated rings. The van der Waals surface area contributed by atoms with Gasteiger partial charge in [-0.25, -0.2) is 4.98 Å². The third kappa shape index (κ3) is 3.37. The molecule has 1 aromatic carbocycles. The van der Waals surface area contributed by atoms with E-state index in [0.29, 0.717) is 11.8 Å². The second kappa shape index (κ2) is 6.26. The third-order valence-corrected chi connectivity index (χ3v) is 2.99. The summed E-state index contributed by atoms with van der Waals surface area (Å²) in [5.41, 5.74) is 0. The smallest absolute Gasteiger partial charge is 0.225 e. The van der Waals surface area contributed by atoms with Crippen molar-refractivity contribution in [3.63, 3.8) is 0 Å². The van der Waals surface area contributed by atoms with Crippen LogP contribution in [0.3, 0.4) is 0 Å². The van der Waals surface area contributed by atoms with Crippen molar-refractivity contribution in [2.24, 2.45) is 0 Å². The Hall–Kier alpha value is -1.75. The highest BCUT2D eigenvalue weighted by Crippen LogP contribution is 2.23. The average Bonchev–Trinajstić information content (AvgIpc) is 2.40. The fraction of sp³-hybridized carbons (Fsp3) is 0.231. The summed E-state index contributed by atoms with van der Waals surface area (Å²) in [6, 6.07) is 9.64. The van der Waals surface area contributed by atoms with E-state index in [2.05, 4.69) is 15.3 Å². The molecule has 0 atom stereocenters. The Morgan fingerprint density at radius 1 is 1.22 bits per heavy atom. The third-order valence-electron chi connectivity index (χ3n) is 2.25. The fourth-order valence-corrected chi connectivity index (χ4v) is 1.82. The summed E-state index contributed by atoms with van der Waals surface area (Å²) in [4.78, 5) is 9.55. The van der Waals surface area contributed by atoms with Gasteiger partial charge in [0.15, 0.2) is 0 Å². The van der Waals surface area contributed by atoms with E-state index in [1.807, 2.05) is 37.4 Å². The summed E-state index contributed by atoms with van der Waals surface area (Å²) in [7, 11) is 0. The summed E-state index contributed by atoms with van der Waals surface area (Å²) >= 11 is 1.70. The van der Waals surface area contributed by atoms with E-state index in [1.165, 1.54) is 4.90 Å². The normalized spacial score (nSPS) is 10.1. The van der Waals surface area contributed by atoms with Gasteiger partial charge in [-0.15, -0.1) is 11.8 Å². The molecule has 5 heteroatoms. The highest BCUT2D eigenvalue weighted by molar-refractivity contribution is 7.98. The van der Waals surface area contributed by atoms with Crippen LogP contribution in [0.2, 0.25) is 0 Å². The van der Waals surface area contributed by atoms with Gasteiger partial charge in [-0.2, -0.15) is 4.98 Å². The lowest BCUT2D eigenvalue weighted by Gasteiger charge is -2.06. The lowest BCUT2D eigenvalue weighted by Crippen LogP contribution is -2.02. The van der Waals surface area contributed by atoms with Gasteiger partial charge < -0.3 is 10.1 Å². The summed E-state index contributed by atoms with van der Waals surface area (Å²) in [6.45, 7) is 2.78. The predicted molar refractivity (Wildman–Crippen MR) is 74.5 cm³/mol. The van der Waals surface area contributed by atoms with Crippen molar-refractivity contribution < 1.29 is 4.74 Å². The van der Waals surface area contributed by atoms with Crippen LogP contribution in [-0.4, -0.2) is 22.8 Å². The van der Waals surface area contributed by atoms with E-state index < -0.39 is 0 Å². The van der Waals surface area contributed by atoms with Gasteiger partial charge in [0.05, 0.1) is 0 Å². The van der Waals surface area contributed by atoms with Crippen molar-refractivity contribution in [2.75, 3.05) is 18.1 Å². The van der Waals surface area contributed by atoms with E-state index in [1.54, 1.807) is 24.0 Å². The van der Waals surface area contributed by atoms with Gasteiger partial charge >= 0.3 is 0 Å². The molecule has 0 radical (unpaired) electrons. The Morgan fingerprint density at radius 2 is 2.00 bits per heavy atom. The minimum absolute atomic E-state index is 0.540. The standard InChI is InChI=1S/C13H15N3OS/c1-3-14-13-15-9-8-12(16-13)17-10-4-6-11(18-2)7-5-10/h4-9H,3H2,1-2H3,(H,14,15,16). The molecule has 2 rings (SSSR count). The molecule has 1 aromatic heterocycles. The second-order valence-corrected chi connectivity index (χ2v) is 4.41. The molecule has 0 unspecified atom stereocenters. The zero-order valence-corrected chi connectivity index (χ0v) is 11.2. The van der Waals surface area contributed by atoms with E-state index >= 15 is 0 Å². The van der Waals surface area contributed by atoms with Crippen LogP contribution in [0.25, 0.3) is 0 Å². The first kappa shape index (κ1) is 12.7. The minimum atomic E-state index is 0.540. The van der Waals surface area contributed by atoms with Crippen molar-refractivity contribution in [1.29, 1.82) is 0 Å². The second-order valence-electron chi connectivity index (χ2n) is 3.53. The SMILES string of the molecule is CCNc1nccc(Oc2ccc(SC)cc2)n1.